The van der Waals surface area contributed by atoms with Crippen molar-refractivity contribution >= 4 is 29.2 Å². The van der Waals surface area contributed by atoms with Gasteiger partial charge in [-0.3, -0.25) is 9.48 Å². The van der Waals surface area contributed by atoms with Crippen LogP contribution in [0.3, 0.4) is 0 Å². The van der Waals surface area contributed by atoms with Crippen molar-refractivity contribution in [2.24, 2.45) is 5.73 Å². The second-order valence-corrected chi connectivity index (χ2v) is 7.78. The number of hydrogen-bond donors (Lipinski definition) is 2. The highest BCUT2D eigenvalue weighted by Crippen LogP contribution is 2.32. The normalized spacial score (nSPS) is 13.5. The molecule has 0 aliphatic carbocycles. The van der Waals surface area contributed by atoms with Gasteiger partial charge in [0, 0.05) is 22.8 Å². The largest absolute Gasteiger partial charge is 0.416 e. The van der Waals surface area contributed by atoms with Gasteiger partial charge in [0.1, 0.15) is 11.5 Å². The van der Waals surface area contributed by atoms with E-state index < -0.39 is 29.5 Å². The smallest absolute Gasteiger partial charge is 0.365 e. The number of amides is 3. The molecule has 1 aliphatic heterocycles. The number of nitrogens with one attached hydrogen (secondary N) is 1. The number of anilines is 1. The molecule has 172 valence electrons. The van der Waals surface area contributed by atoms with Gasteiger partial charge in [-0.2, -0.15) is 18.3 Å². The van der Waals surface area contributed by atoms with E-state index >= 15 is 0 Å². The number of nitrogens with zero attached hydrogens (tertiary/aromatic N) is 3. The number of hydrogen-bond acceptors (Lipinski definition) is 3. The van der Waals surface area contributed by atoms with Crippen LogP contribution in [0.5, 0.6) is 0 Å². The topological polar surface area (TPSA) is 93.2 Å². The van der Waals surface area contributed by atoms with Crippen molar-refractivity contribution in [1.82, 2.24) is 14.7 Å². The zero-order valence-corrected chi connectivity index (χ0v) is 17.5. The second kappa shape index (κ2) is 8.39. The SMILES string of the molecule is NC(=O)c1c(-c2cc(F)cc(Cl)c2)nn2c1CN(C(=O)Nc1ccc(C(F)(F)F)cc1)CC2. The molecule has 2 heterocycles. The Morgan fingerprint density at radius 2 is 1.79 bits per heavy atom. The van der Waals surface area contributed by atoms with Gasteiger partial charge in [-0.1, -0.05) is 11.6 Å². The summed E-state index contributed by atoms with van der Waals surface area (Å²) in [5.41, 5.74) is 5.69. The van der Waals surface area contributed by atoms with E-state index in [1.54, 1.807) is 0 Å². The third-order valence-corrected chi connectivity index (χ3v) is 5.33. The lowest BCUT2D eigenvalue weighted by Gasteiger charge is -2.28. The summed E-state index contributed by atoms with van der Waals surface area (Å²) in [7, 11) is 0. The number of rotatable bonds is 3. The summed E-state index contributed by atoms with van der Waals surface area (Å²) in [4.78, 5) is 26.3. The van der Waals surface area contributed by atoms with E-state index in [1.165, 1.54) is 21.7 Å². The van der Waals surface area contributed by atoms with E-state index in [1.807, 2.05) is 0 Å². The summed E-state index contributed by atoms with van der Waals surface area (Å²) < 4.78 is 53.5. The molecule has 0 spiro atoms. The molecule has 0 unspecified atom stereocenters. The monoisotopic (exact) mass is 481 g/mol. The van der Waals surface area contributed by atoms with Crippen LogP contribution in [-0.4, -0.2) is 33.2 Å². The first kappa shape index (κ1) is 22.6. The third kappa shape index (κ3) is 4.63. The Kier molecular flexibility index (Phi) is 5.75. The molecule has 3 amide bonds. The average Bonchev–Trinajstić information content (AvgIpc) is 3.12. The van der Waals surface area contributed by atoms with Gasteiger partial charge in [0.2, 0.25) is 0 Å². The number of benzene rings is 2. The summed E-state index contributed by atoms with van der Waals surface area (Å²) >= 11 is 5.92. The molecule has 0 bridgehead atoms. The van der Waals surface area contributed by atoms with Crippen LogP contribution in [0.1, 0.15) is 21.6 Å². The molecule has 4 rings (SSSR count). The van der Waals surface area contributed by atoms with E-state index in [2.05, 4.69) is 10.4 Å². The Balaban J connectivity index is 1.58. The maximum atomic E-state index is 13.8. The quantitative estimate of drug-likeness (QED) is 0.539. The summed E-state index contributed by atoms with van der Waals surface area (Å²) in [5.74, 6) is -1.42. The molecule has 12 heteroatoms. The van der Waals surface area contributed by atoms with Gasteiger partial charge in [-0.15, -0.1) is 0 Å². The maximum absolute atomic E-state index is 13.8. The molecule has 0 fully saturated rings. The molecule has 0 saturated carbocycles. The summed E-state index contributed by atoms with van der Waals surface area (Å²) in [6, 6.07) is 7.17. The van der Waals surface area contributed by atoms with Gasteiger partial charge in [0.05, 0.1) is 29.9 Å². The zero-order chi connectivity index (χ0) is 23.9. The number of primary amides is 1. The highest BCUT2D eigenvalue weighted by molar-refractivity contribution is 6.30. The molecule has 3 N–H and O–H groups in total. The number of alkyl halides is 3. The van der Waals surface area contributed by atoms with E-state index in [9.17, 15) is 27.2 Å². The standard InChI is InChI=1S/C21H16ClF4N5O2/c22-13-7-11(8-14(23)9-13)18-17(19(27)32)16-10-30(5-6-31(16)29-18)20(33)28-15-3-1-12(2-4-15)21(24,25)26/h1-4,7-9H,5-6,10H2,(H2,27,32)(H,28,33). The Bertz CT molecular complexity index is 1220. The van der Waals surface area contributed by atoms with Crippen molar-refractivity contribution < 1.29 is 27.2 Å². The first-order valence-electron chi connectivity index (χ1n) is 9.62. The van der Waals surface area contributed by atoms with E-state index in [0.29, 0.717) is 5.69 Å². The van der Waals surface area contributed by atoms with Crippen molar-refractivity contribution in [1.29, 1.82) is 0 Å². The molecular weight excluding hydrogens is 466 g/mol. The number of carbonyl (C=O) groups is 2. The van der Waals surface area contributed by atoms with Crippen molar-refractivity contribution in [2.75, 3.05) is 11.9 Å². The van der Waals surface area contributed by atoms with Crippen molar-refractivity contribution in [2.45, 2.75) is 19.3 Å². The van der Waals surface area contributed by atoms with E-state index in [-0.39, 0.29) is 47.2 Å². The summed E-state index contributed by atoms with van der Waals surface area (Å²) in [6.45, 7) is 0.391. The molecule has 2 aromatic carbocycles. The number of urea groups is 1. The molecular formula is C21H16ClF4N5O2. The zero-order valence-electron chi connectivity index (χ0n) is 16.8. The van der Waals surface area contributed by atoms with Crippen LogP contribution in [-0.2, 0) is 19.3 Å². The van der Waals surface area contributed by atoms with Gasteiger partial charge < -0.3 is 16.0 Å². The van der Waals surface area contributed by atoms with Crippen molar-refractivity contribution in [3.05, 3.63) is 70.1 Å². The molecule has 3 aromatic rings. The fourth-order valence-corrected chi connectivity index (χ4v) is 3.81. The van der Waals surface area contributed by atoms with Crippen LogP contribution in [0.25, 0.3) is 11.3 Å². The van der Waals surface area contributed by atoms with E-state index in [0.717, 1.165) is 30.3 Å². The van der Waals surface area contributed by atoms with Crippen molar-refractivity contribution in [3.63, 3.8) is 0 Å². The number of aromatic nitrogens is 2. The van der Waals surface area contributed by atoms with Gasteiger partial charge in [-0.05, 0) is 42.5 Å². The van der Waals surface area contributed by atoms with Gasteiger partial charge >= 0.3 is 12.2 Å². The molecule has 1 aromatic heterocycles. The maximum Gasteiger partial charge on any atom is 0.416 e. The number of fused-ring (bicyclic) bond motifs is 1. The predicted octanol–water partition coefficient (Wildman–Crippen LogP) is 4.51. The van der Waals surface area contributed by atoms with Crippen LogP contribution >= 0.6 is 11.6 Å². The summed E-state index contributed by atoms with van der Waals surface area (Å²) in [5, 5.41) is 7.01. The molecule has 0 atom stereocenters. The fourth-order valence-electron chi connectivity index (χ4n) is 3.59. The molecule has 0 saturated heterocycles. The van der Waals surface area contributed by atoms with Crippen molar-refractivity contribution in [3.8, 4) is 11.3 Å². The van der Waals surface area contributed by atoms with Crippen LogP contribution in [0.4, 0.5) is 28.0 Å². The Labute approximate surface area is 189 Å². The highest BCUT2D eigenvalue weighted by Gasteiger charge is 2.31. The fraction of sp³-hybridized carbons (Fsp3) is 0.190. The minimum absolute atomic E-state index is 0.0312. The lowest BCUT2D eigenvalue weighted by Crippen LogP contribution is -2.41. The van der Waals surface area contributed by atoms with Gasteiger partial charge in [0.15, 0.2) is 0 Å². The number of halogens is 5. The highest BCUT2D eigenvalue weighted by atomic mass is 35.5. The molecule has 1 aliphatic rings. The van der Waals surface area contributed by atoms with Crippen LogP contribution in [0.15, 0.2) is 42.5 Å². The Morgan fingerprint density at radius 3 is 2.39 bits per heavy atom. The Hall–Kier alpha value is -3.60. The van der Waals surface area contributed by atoms with Gasteiger partial charge in [-0.25, -0.2) is 9.18 Å². The second-order valence-electron chi connectivity index (χ2n) is 7.34. The third-order valence-electron chi connectivity index (χ3n) is 5.11. The average molecular weight is 482 g/mol. The lowest BCUT2D eigenvalue weighted by atomic mass is 10.0. The first-order valence-corrected chi connectivity index (χ1v) is 10.00. The first-order chi connectivity index (χ1) is 15.5. The van der Waals surface area contributed by atoms with Crippen LogP contribution in [0.2, 0.25) is 5.02 Å². The predicted molar refractivity (Wildman–Crippen MR) is 112 cm³/mol. The summed E-state index contributed by atoms with van der Waals surface area (Å²) in [6.07, 6.45) is -4.48. The van der Waals surface area contributed by atoms with Crippen LogP contribution in [0, 0.1) is 5.82 Å². The minimum atomic E-state index is -4.48. The number of nitrogens with two attached hydrogens (primary N) is 1. The Morgan fingerprint density at radius 1 is 1.09 bits per heavy atom. The minimum Gasteiger partial charge on any atom is -0.365 e. The number of carbonyl (C=O) groups excluding carboxylic acids is 2. The van der Waals surface area contributed by atoms with E-state index in [4.69, 9.17) is 17.3 Å². The molecule has 33 heavy (non-hydrogen) atoms. The molecule has 0 radical (unpaired) electrons. The molecule has 7 nitrogen and oxygen atoms in total. The lowest BCUT2D eigenvalue weighted by molar-refractivity contribution is -0.137. The van der Waals surface area contributed by atoms with Gasteiger partial charge in [0.25, 0.3) is 5.91 Å². The van der Waals surface area contributed by atoms with Crippen LogP contribution < -0.4 is 11.1 Å².